The first kappa shape index (κ1) is 17.9. The lowest BCUT2D eigenvalue weighted by molar-refractivity contribution is -0.152. The third-order valence-electron chi connectivity index (χ3n) is 5.12. The van der Waals surface area contributed by atoms with Gasteiger partial charge in [0.2, 0.25) is 0 Å². The first-order valence-corrected chi connectivity index (χ1v) is 9.19. The zero-order valence-corrected chi connectivity index (χ0v) is 15.6. The van der Waals surface area contributed by atoms with Crippen LogP contribution in [0, 0.1) is 0 Å². The van der Waals surface area contributed by atoms with Gasteiger partial charge in [0.25, 0.3) is 0 Å². The molecule has 3 nitrogen and oxygen atoms in total. The van der Waals surface area contributed by atoms with Crippen LogP contribution in [0.3, 0.4) is 0 Å². The largest absolute Gasteiger partial charge is 0.445 e. The van der Waals surface area contributed by atoms with Crippen LogP contribution in [0.15, 0.2) is 91.0 Å². The van der Waals surface area contributed by atoms with Gasteiger partial charge in [-0.25, -0.2) is 4.79 Å². The summed E-state index contributed by atoms with van der Waals surface area (Å²) < 4.78 is 6.15. The Labute approximate surface area is 164 Å². The lowest BCUT2D eigenvalue weighted by Crippen LogP contribution is -2.42. The van der Waals surface area contributed by atoms with Gasteiger partial charge in [-0.15, -0.1) is 0 Å². The van der Waals surface area contributed by atoms with E-state index in [-0.39, 0.29) is 5.78 Å². The Morgan fingerprint density at radius 3 is 1.89 bits per heavy atom. The molecule has 3 aromatic rings. The molecule has 0 bridgehead atoms. The number of hydrogen-bond acceptors (Lipinski definition) is 3. The molecule has 0 aromatic heterocycles. The smallest absolute Gasteiger partial charge is 0.334 e. The van der Waals surface area contributed by atoms with E-state index in [0.717, 1.165) is 5.56 Å². The van der Waals surface area contributed by atoms with Crippen molar-refractivity contribution in [3.05, 3.63) is 119 Å². The monoisotopic (exact) mass is 368 g/mol. The molecule has 0 saturated carbocycles. The van der Waals surface area contributed by atoms with E-state index in [2.05, 4.69) is 6.58 Å². The van der Waals surface area contributed by atoms with Crippen LogP contribution in [0.5, 0.6) is 0 Å². The van der Waals surface area contributed by atoms with Crippen LogP contribution in [0.1, 0.15) is 39.5 Å². The Morgan fingerprint density at radius 1 is 0.857 bits per heavy atom. The summed E-state index contributed by atoms with van der Waals surface area (Å²) in [7, 11) is 0. The van der Waals surface area contributed by atoms with Crippen molar-refractivity contribution in [2.75, 3.05) is 0 Å². The molecule has 1 aliphatic carbocycles. The minimum atomic E-state index is -1.10. The summed E-state index contributed by atoms with van der Waals surface area (Å²) in [5, 5.41) is 0. The number of carbonyl (C=O) groups excluding carboxylic acids is 2. The molecule has 0 aliphatic heterocycles. The molecule has 0 unspecified atom stereocenters. The van der Waals surface area contributed by atoms with E-state index in [1.165, 1.54) is 0 Å². The number of ketones is 1. The Morgan fingerprint density at radius 2 is 1.36 bits per heavy atom. The molecule has 0 spiro atoms. The van der Waals surface area contributed by atoms with Gasteiger partial charge in [0.15, 0.2) is 11.4 Å². The fourth-order valence-corrected chi connectivity index (χ4v) is 3.82. The molecule has 1 aliphatic rings. The van der Waals surface area contributed by atoms with E-state index >= 15 is 0 Å². The van der Waals surface area contributed by atoms with Gasteiger partial charge >= 0.3 is 5.97 Å². The van der Waals surface area contributed by atoms with Crippen molar-refractivity contribution < 1.29 is 14.3 Å². The molecule has 4 rings (SSSR count). The molecule has 138 valence electrons. The second kappa shape index (κ2) is 6.93. The lowest BCUT2D eigenvalue weighted by Gasteiger charge is -2.40. The normalized spacial score (nSPS) is 14.0. The summed E-state index contributed by atoms with van der Waals surface area (Å²) in [6.45, 7) is 5.37. The molecule has 0 saturated heterocycles. The van der Waals surface area contributed by atoms with Gasteiger partial charge in [0.05, 0.1) is 0 Å². The molecule has 28 heavy (non-hydrogen) atoms. The Kier molecular flexibility index (Phi) is 4.44. The van der Waals surface area contributed by atoms with Gasteiger partial charge in [-0.3, -0.25) is 4.79 Å². The van der Waals surface area contributed by atoms with E-state index in [1.807, 2.05) is 66.7 Å². The summed E-state index contributed by atoms with van der Waals surface area (Å²) in [5.41, 5.74) is 2.77. The van der Waals surface area contributed by atoms with Crippen molar-refractivity contribution in [3.63, 3.8) is 0 Å². The minimum Gasteiger partial charge on any atom is -0.445 e. The van der Waals surface area contributed by atoms with Crippen molar-refractivity contribution in [2.24, 2.45) is 0 Å². The zero-order valence-electron chi connectivity index (χ0n) is 15.6. The number of rotatable bonds is 4. The number of hydrogen-bond donors (Lipinski definition) is 0. The SMILES string of the molecule is C=C(C)C(=O)OC1(Cc2ccccc2)c2ccccc2C(=O)c2ccccc21. The standard InChI is InChI=1S/C25H20O3/c1-17(2)24(27)28-25(16-18-10-4-3-5-11-18)21-14-8-6-12-19(21)23(26)20-13-7-9-15-22(20)25/h3-15H,1,16H2,2H3. The van der Waals surface area contributed by atoms with Crippen LogP contribution in [0.2, 0.25) is 0 Å². The second-order valence-corrected chi connectivity index (χ2v) is 7.08. The average Bonchev–Trinajstić information content (AvgIpc) is 2.72. The lowest BCUT2D eigenvalue weighted by atomic mass is 9.71. The van der Waals surface area contributed by atoms with Crippen LogP contribution < -0.4 is 0 Å². The fraction of sp³-hybridized carbons (Fsp3) is 0.120. The Hall–Kier alpha value is -3.46. The highest BCUT2D eigenvalue weighted by molar-refractivity contribution is 6.13. The van der Waals surface area contributed by atoms with Gasteiger partial charge in [-0.1, -0.05) is 85.4 Å². The minimum absolute atomic E-state index is 0.0544. The first-order chi connectivity index (χ1) is 13.5. The van der Waals surface area contributed by atoms with E-state index in [9.17, 15) is 9.59 Å². The van der Waals surface area contributed by atoms with E-state index in [1.54, 1.807) is 19.1 Å². The highest BCUT2D eigenvalue weighted by Gasteiger charge is 2.46. The van der Waals surface area contributed by atoms with E-state index in [0.29, 0.717) is 34.2 Å². The number of fused-ring (bicyclic) bond motifs is 2. The summed E-state index contributed by atoms with van der Waals surface area (Å²) in [4.78, 5) is 25.8. The zero-order chi connectivity index (χ0) is 19.7. The van der Waals surface area contributed by atoms with Crippen molar-refractivity contribution in [2.45, 2.75) is 18.9 Å². The number of ether oxygens (including phenoxy) is 1. The van der Waals surface area contributed by atoms with Crippen molar-refractivity contribution in [3.8, 4) is 0 Å². The third kappa shape index (κ3) is 2.85. The van der Waals surface area contributed by atoms with E-state index < -0.39 is 11.6 Å². The summed E-state index contributed by atoms with van der Waals surface area (Å²) in [5.74, 6) is -0.531. The molecule has 0 N–H and O–H groups in total. The molecule has 0 fully saturated rings. The van der Waals surface area contributed by atoms with Crippen molar-refractivity contribution >= 4 is 11.8 Å². The Bertz CT molecular complexity index is 1030. The fourth-order valence-electron chi connectivity index (χ4n) is 3.82. The van der Waals surface area contributed by atoms with Crippen molar-refractivity contribution in [1.29, 1.82) is 0 Å². The topological polar surface area (TPSA) is 43.4 Å². The maximum absolute atomic E-state index is 13.1. The molecule has 0 radical (unpaired) electrons. The van der Waals surface area contributed by atoms with E-state index in [4.69, 9.17) is 4.74 Å². The molecular formula is C25H20O3. The Balaban J connectivity index is 2.01. The second-order valence-electron chi connectivity index (χ2n) is 7.08. The number of esters is 1. The van der Waals surface area contributed by atoms with Crippen LogP contribution in [0.4, 0.5) is 0 Å². The van der Waals surface area contributed by atoms with Gasteiger partial charge in [0.1, 0.15) is 0 Å². The van der Waals surface area contributed by atoms with Crippen LogP contribution >= 0.6 is 0 Å². The van der Waals surface area contributed by atoms with Crippen molar-refractivity contribution in [1.82, 2.24) is 0 Å². The summed E-state index contributed by atoms with van der Waals surface area (Å²) in [6, 6.07) is 24.6. The van der Waals surface area contributed by atoms with Crippen LogP contribution in [-0.2, 0) is 21.6 Å². The van der Waals surface area contributed by atoms with Crippen LogP contribution in [-0.4, -0.2) is 11.8 Å². The summed E-state index contributed by atoms with van der Waals surface area (Å²) >= 11 is 0. The predicted molar refractivity (Wildman–Crippen MR) is 108 cm³/mol. The molecule has 0 amide bonds. The highest BCUT2D eigenvalue weighted by Crippen LogP contribution is 2.45. The third-order valence-corrected chi connectivity index (χ3v) is 5.12. The molecule has 0 heterocycles. The van der Waals surface area contributed by atoms with Crippen LogP contribution in [0.25, 0.3) is 0 Å². The quantitative estimate of drug-likeness (QED) is 0.489. The van der Waals surface area contributed by atoms with Gasteiger partial charge in [0, 0.05) is 34.2 Å². The predicted octanol–water partition coefficient (Wildman–Crippen LogP) is 4.84. The first-order valence-electron chi connectivity index (χ1n) is 9.19. The highest BCUT2D eigenvalue weighted by atomic mass is 16.6. The maximum Gasteiger partial charge on any atom is 0.334 e. The molecule has 3 aromatic carbocycles. The summed E-state index contributed by atoms with van der Waals surface area (Å²) in [6.07, 6.45) is 0.425. The van der Waals surface area contributed by atoms with Gasteiger partial charge in [-0.05, 0) is 12.5 Å². The molecule has 3 heteroatoms. The number of benzene rings is 3. The molecular weight excluding hydrogens is 348 g/mol. The van der Waals surface area contributed by atoms with Gasteiger partial charge in [-0.2, -0.15) is 0 Å². The average molecular weight is 368 g/mol. The van der Waals surface area contributed by atoms with Gasteiger partial charge < -0.3 is 4.74 Å². The maximum atomic E-state index is 13.1. The molecule has 0 atom stereocenters. The number of carbonyl (C=O) groups is 2.